The summed E-state index contributed by atoms with van der Waals surface area (Å²) in [6, 6.07) is 70.3. The van der Waals surface area contributed by atoms with Gasteiger partial charge in [0.1, 0.15) is 11.2 Å². The third kappa shape index (κ3) is 5.70. The van der Waals surface area contributed by atoms with Gasteiger partial charge in [0.2, 0.25) is 0 Å². The summed E-state index contributed by atoms with van der Waals surface area (Å²) in [4.78, 5) is 16.3. The van der Waals surface area contributed by atoms with Crippen LogP contribution in [0.25, 0.3) is 120 Å². The van der Waals surface area contributed by atoms with E-state index in [2.05, 4.69) is 194 Å². The second-order valence-corrected chi connectivity index (χ2v) is 16.2. The maximum absolute atomic E-state index is 6.74. The summed E-state index contributed by atoms with van der Waals surface area (Å²) in [6.45, 7) is 0. The molecule has 0 unspecified atom stereocenters. The monoisotopic (exact) mass is 783 g/mol. The fourth-order valence-corrected chi connectivity index (χ4v) is 9.91. The number of benzene rings is 9. The van der Waals surface area contributed by atoms with Crippen LogP contribution in [0.1, 0.15) is 0 Å². The highest BCUT2D eigenvalue weighted by atomic mass is 32.1. The van der Waals surface area contributed by atoms with Crippen LogP contribution in [0.3, 0.4) is 0 Å². The number of thiophene rings is 1. The molecule has 0 atom stereocenters. The average Bonchev–Trinajstić information content (AvgIpc) is 3.89. The SMILES string of the molecule is c1ccc(-c2ccc(-c3nc(-c4cccc5c4sc4ccccc45)nc(-c4c(-c5ccccc5-c5ccccc5)ccc5oc6cc7ccccc7cc6c45)n3)cc2)cc1. The number of hydrogen-bond donors (Lipinski definition) is 0. The molecule has 280 valence electrons. The summed E-state index contributed by atoms with van der Waals surface area (Å²) < 4.78 is 9.11. The molecule has 0 amide bonds. The molecular weight excluding hydrogens is 751 g/mol. The summed E-state index contributed by atoms with van der Waals surface area (Å²) in [7, 11) is 0. The van der Waals surface area contributed by atoms with Crippen LogP contribution < -0.4 is 0 Å². The number of fused-ring (bicyclic) bond motifs is 7. The predicted octanol–water partition coefficient (Wildman–Crippen LogP) is 15.3. The predicted molar refractivity (Wildman–Crippen MR) is 250 cm³/mol. The maximum Gasteiger partial charge on any atom is 0.165 e. The first-order valence-electron chi connectivity index (χ1n) is 20.1. The molecule has 3 heterocycles. The Kier molecular flexibility index (Phi) is 8.00. The van der Waals surface area contributed by atoms with Crippen molar-refractivity contribution >= 4 is 64.2 Å². The molecule has 9 aromatic carbocycles. The summed E-state index contributed by atoms with van der Waals surface area (Å²) in [5.41, 5.74) is 11.0. The van der Waals surface area contributed by atoms with Crippen LogP contribution in [-0.2, 0) is 0 Å². The normalized spacial score (nSPS) is 11.7. The van der Waals surface area contributed by atoms with Gasteiger partial charge in [-0.15, -0.1) is 11.3 Å². The summed E-state index contributed by atoms with van der Waals surface area (Å²) in [6.07, 6.45) is 0. The molecule has 0 bridgehead atoms. The van der Waals surface area contributed by atoms with Gasteiger partial charge in [0.05, 0.1) is 0 Å². The Balaban J connectivity index is 1.18. The first-order valence-corrected chi connectivity index (χ1v) is 20.9. The van der Waals surface area contributed by atoms with Crippen molar-refractivity contribution in [3.05, 3.63) is 200 Å². The van der Waals surface area contributed by atoms with Crippen molar-refractivity contribution in [3.8, 4) is 67.5 Å². The van der Waals surface area contributed by atoms with Gasteiger partial charge in [-0.1, -0.05) is 164 Å². The number of rotatable bonds is 6. The van der Waals surface area contributed by atoms with Crippen molar-refractivity contribution in [1.29, 1.82) is 0 Å². The highest BCUT2D eigenvalue weighted by Crippen LogP contribution is 2.46. The van der Waals surface area contributed by atoms with Crippen molar-refractivity contribution in [2.24, 2.45) is 0 Å². The van der Waals surface area contributed by atoms with Crippen LogP contribution in [0.4, 0.5) is 0 Å². The minimum atomic E-state index is 0.583. The van der Waals surface area contributed by atoms with E-state index in [9.17, 15) is 0 Å². The second kappa shape index (κ2) is 14.0. The molecule has 0 radical (unpaired) electrons. The third-order valence-electron chi connectivity index (χ3n) is 11.6. The molecule has 0 aliphatic rings. The Morgan fingerprint density at radius 3 is 1.77 bits per heavy atom. The zero-order valence-electron chi connectivity index (χ0n) is 32.2. The van der Waals surface area contributed by atoms with Gasteiger partial charge in [-0.25, -0.2) is 15.0 Å². The number of furan rings is 1. The molecule has 0 saturated carbocycles. The molecule has 0 N–H and O–H groups in total. The standard InChI is InChI=1S/C55H33N3OS/c1-3-14-34(15-4-1)35-26-28-37(29-27-35)53-56-54(45-24-13-23-44-42-22-11-12-25-49(42)60-52(44)45)58-55(57-53)51-43(41-21-10-9-20-40(41)36-16-5-2-6-17-36)30-31-47-50(51)46-32-38-18-7-8-19-39(38)33-48(46)59-47/h1-33H. The fraction of sp³-hybridized carbons (Fsp3) is 0. The number of nitrogens with zero attached hydrogens (tertiary/aromatic N) is 3. The Bertz CT molecular complexity index is 3590. The average molecular weight is 784 g/mol. The van der Waals surface area contributed by atoms with Gasteiger partial charge in [0.25, 0.3) is 0 Å². The first-order chi connectivity index (χ1) is 29.7. The molecule has 5 heteroatoms. The van der Waals surface area contributed by atoms with Gasteiger partial charge < -0.3 is 4.42 Å². The molecule has 60 heavy (non-hydrogen) atoms. The largest absolute Gasteiger partial charge is 0.456 e. The zero-order valence-corrected chi connectivity index (χ0v) is 33.0. The van der Waals surface area contributed by atoms with E-state index in [0.717, 1.165) is 87.5 Å². The van der Waals surface area contributed by atoms with Gasteiger partial charge in [-0.05, 0) is 80.6 Å². The van der Waals surface area contributed by atoms with Crippen molar-refractivity contribution in [1.82, 2.24) is 15.0 Å². The third-order valence-corrected chi connectivity index (χ3v) is 12.8. The van der Waals surface area contributed by atoms with E-state index in [1.165, 1.54) is 15.5 Å². The highest BCUT2D eigenvalue weighted by Gasteiger charge is 2.24. The lowest BCUT2D eigenvalue weighted by Gasteiger charge is -2.16. The van der Waals surface area contributed by atoms with E-state index in [4.69, 9.17) is 19.4 Å². The van der Waals surface area contributed by atoms with Gasteiger partial charge >= 0.3 is 0 Å². The molecular formula is C55H33N3OS. The summed E-state index contributed by atoms with van der Waals surface area (Å²) in [5, 5.41) is 6.67. The lowest BCUT2D eigenvalue weighted by atomic mass is 9.89. The Morgan fingerprint density at radius 2 is 0.950 bits per heavy atom. The fourth-order valence-electron chi connectivity index (χ4n) is 8.70. The van der Waals surface area contributed by atoms with Crippen LogP contribution in [0.15, 0.2) is 205 Å². The maximum atomic E-state index is 6.74. The minimum absolute atomic E-state index is 0.583. The van der Waals surface area contributed by atoms with Crippen LogP contribution >= 0.6 is 11.3 Å². The van der Waals surface area contributed by atoms with E-state index in [1.807, 2.05) is 6.07 Å². The molecule has 0 aliphatic heterocycles. The summed E-state index contributed by atoms with van der Waals surface area (Å²) >= 11 is 1.78. The van der Waals surface area contributed by atoms with Crippen molar-refractivity contribution in [3.63, 3.8) is 0 Å². The molecule has 0 saturated heterocycles. The van der Waals surface area contributed by atoms with E-state index < -0.39 is 0 Å². The number of aromatic nitrogens is 3. The molecule has 3 aromatic heterocycles. The van der Waals surface area contributed by atoms with E-state index >= 15 is 0 Å². The van der Waals surface area contributed by atoms with E-state index in [1.54, 1.807) is 11.3 Å². The van der Waals surface area contributed by atoms with Gasteiger partial charge in [0.15, 0.2) is 17.5 Å². The smallest absolute Gasteiger partial charge is 0.165 e. The Hall–Kier alpha value is -7.73. The summed E-state index contributed by atoms with van der Waals surface area (Å²) in [5.74, 6) is 1.81. The minimum Gasteiger partial charge on any atom is -0.456 e. The highest BCUT2D eigenvalue weighted by molar-refractivity contribution is 7.26. The Labute approximate surface area is 349 Å². The number of hydrogen-bond acceptors (Lipinski definition) is 5. The first kappa shape index (κ1) is 34.3. The topological polar surface area (TPSA) is 51.8 Å². The van der Waals surface area contributed by atoms with Crippen LogP contribution in [0, 0.1) is 0 Å². The van der Waals surface area contributed by atoms with Crippen LogP contribution in [0.2, 0.25) is 0 Å². The van der Waals surface area contributed by atoms with E-state index in [0.29, 0.717) is 17.5 Å². The quantitative estimate of drug-likeness (QED) is 0.169. The lowest BCUT2D eigenvalue weighted by Crippen LogP contribution is -2.02. The molecule has 0 fully saturated rings. The molecule has 12 aromatic rings. The Morgan fingerprint density at radius 1 is 0.350 bits per heavy atom. The van der Waals surface area contributed by atoms with Crippen molar-refractivity contribution in [2.45, 2.75) is 0 Å². The molecule has 12 rings (SSSR count). The molecule has 0 aliphatic carbocycles. The van der Waals surface area contributed by atoms with Crippen LogP contribution in [-0.4, -0.2) is 15.0 Å². The van der Waals surface area contributed by atoms with Gasteiger partial charge in [0, 0.05) is 47.6 Å². The lowest BCUT2D eigenvalue weighted by molar-refractivity contribution is 0.669. The van der Waals surface area contributed by atoms with Crippen LogP contribution in [0.5, 0.6) is 0 Å². The van der Waals surface area contributed by atoms with Gasteiger partial charge in [-0.2, -0.15) is 0 Å². The van der Waals surface area contributed by atoms with Gasteiger partial charge in [-0.3, -0.25) is 0 Å². The van der Waals surface area contributed by atoms with E-state index in [-0.39, 0.29) is 0 Å². The zero-order chi connectivity index (χ0) is 39.6. The van der Waals surface area contributed by atoms with Crippen molar-refractivity contribution < 1.29 is 4.42 Å². The molecule has 4 nitrogen and oxygen atoms in total. The second-order valence-electron chi connectivity index (χ2n) is 15.1. The molecule has 0 spiro atoms. The van der Waals surface area contributed by atoms with Crippen molar-refractivity contribution in [2.75, 3.05) is 0 Å².